The van der Waals surface area contributed by atoms with Crippen molar-refractivity contribution in [2.24, 2.45) is 0 Å². The first-order chi connectivity index (χ1) is 13.5. The van der Waals surface area contributed by atoms with Crippen molar-refractivity contribution in [3.8, 4) is 0 Å². The number of aliphatic hydroxyl groups excluding tert-OH is 3. The van der Waals surface area contributed by atoms with Crippen LogP contribution in [-0.2, 0) is 11.3 Å². The molecule has 0 amide bonds. The summed E-state index contributed by atoms with van der Waals surface area (Å²) in [6, 6.07) is 5.22. The number of halogens is 2. The number of nitrogens with one attached hydrogen (secondary N) is 1. The normalized spacial score (nSPS) is 24.8. The fourth-order valence-electron chi connectivity index (χ4n) is 3.12. The summed E-state index contributed by atoms with van der Waals surface area (Å²) >= 11 is 12.1. The molecule has 1 saturated heterocycles. The van der Waals surface area contributed by atoms with E-state index in [1.165, 1.54) is 17.2 Å². The third kappa shape index (κ3) is 3.41. The van der Waals surface area contributed by atoms with Crippen LogP contribution >= 0.6 is 23.2 Å². The second-order valence-electron chi connectivity index (χ2n) is 6.36. The molecule has 2 aromatic heterocycles. The van der Waals surface area contributed by atoms with Crippen LogP contribution < -0.4 is 5.32 Å². The Kier molecular flexibility index (Phi) is 5.37. The zero-order valence-corrected chi connectivity index (χ0v) is 15.9. The van der Waals surface area contributed by atoms with E-state index in [-0.39, 0.29) is 0 Å². The molecule has 9 nitrogen and oxygen atoms in total. The van der Waals surface area contributed by atoms with E-state index in [0.717, 1.165) is 5.56 Å². The molecule has 1 aromatic carbocycles. The highest BCUT2D eigenvalue weighted by Gasteiger charge is 2.44. The van der Waals surface area contributed by atoms with Crippen LogP contribution in [0.5, 0.6) is 0 Å². The van der Waals surface area contributed by atoms with Crippen molar-refractivity contribution in [1.29, 1.82) is 0 Å². The van der Waals surface area contributed by atoms with Gasteiger partial charge in [-0.25, -0.2) is 15.0 Å². The molecule has 3 aromatic rings. The van der Waals surface area contributed by atoms with Crippen molar-refractivity contribution in [1.82, 2.24) is 19.5 Å². The fourth-order valence-corrected chi connectivity index (χ4v) is 3.60. The summed E-state index contributed by atoms with van der Waals surface area (Å²) in [7, 11) is 0. The molecule has 0 aliphatic carbocycles. The highest BCUT2D eigenvalue weighted by Crippen LogP contribution is 2.32. The molecule has 0 bridgehead atoms. The molecule has 0 saturated carbocycles. The Morgan fingerprint density at radius 3 is 2.68 bits per heavy atom. The molecule has 28 heavy (non-hydrogen) atoms. The van der Waals surface area contributed by atoms with Gasteiger partial charge in [0.2, 0.25) is 0 Å². The van der Waals surface area contributed by atoms with Gasteiger partial charge in [0, 0.05) is 16.6 Å². The maximum atomic E-state index is 10.2. The van der Waals surface area contributed by atoms with Crippen LogP contribution in [-0.4, -0.2) is 59.8 Å². The number of ether oxygens (including phenoxy) is 1. The third-order valence-electron chi connectivity index (χ3n) is 4.61. The van der Waals surface area contributed by atoms with E-state index in [1.54, 1.807) is 12.1 Å². The minimum absolute atomic E-state index is 0.392. The van der Waals surface area contributed by atoms with E-state index >= 15 is 0 Å². The van der Waals surface area contributed by atoms with Gasteiger partial charge < -0.3 is 25.4 Å². The number of aliphatic hydroxyl groups is 3. The molecular weight excluding hydrogens is 409 g/mol. The quantitative estimate of drug-likeness (QED) is 0.482. The van der Waals surface area contributed by atoms with Crippen LogP contribution in [0.1, 0.15) is 11.8 Å². The summed E-state index contributed by atoms with van der Waals surface area (Å²) in [5.41, 5.74) is 1.71. The largest absolute Gasteiger partial charge is 0.394 e. The minimum atomic E-state index is -1.23. The number of imidazole rings is 1. The molecule has 4 N–H and O–H groups in total. The predicted octanol–water partition coefficient (Wildman–Crippen LogP) is 1.36. The molecule has 4 atom stereocenters. The molecular formula is C17H17Cl2N5O4. The summed E-state index contributed by atoms with van der Waals surface area (Å²) < 4.78 is 7.05. The van der Waals surface area contributed by atoms with Gasteiger partial charge in [-0.15, -0.1) is 0 Å². The summed E-state index contributed by atoms with van der Waals surface area (Å²) in [4.78, 5) is 12.7. The number of anilines is 1. The Labute approximate surface area is 169 Å². The van der Waals surface area contributed by atoms with E-state index in [9.17, 15) is 15.3 Å². The van der Waals surface area contributed by atoms with Gasteiger partial charge in [-0.05, 0) is 17.7 Å². The topological polar surface area (TPSA) is 126 Å². The highest BCUT2D eigenvalue weighted by atomic mass is 35.5. The number of nitrogens with zero attached hydrogens (tertiary/aromatic N) is 4. The van der Waals surface area contributed by atoms with E-state index in [1.807, 2.05) is 6.07 Å². The van der Waals surface area contributed by atoms with Gasteiger partial charge in [-0.3, -0.25) is 4.57 Å². The maximum absolute atomic E-state index is 10.2. The second kappa shape index (κ2) is 7.78. The van der Waals surface area contributed by atoms with Crippen LogP contribution in [0.2, 0.25) is 10.0 Å². The number of fused-ring (bicyclic) bond motifs is 1. The standard InChI is InChI=1S/C17H17Cl2N5O4/c18-9-2-1-8(10(19)3-9)4-20-15-12-16(22-6-21-15)24(7-23-12)17-14(27)13(26)11(5-25)28-17/h1-3,6-7,11,13-14,17,25-27H,4-5H2,(H,20,21,22)/t11-,13-,14-,17-/m1/s1. The molecule has 0 unspecified atom stereocenters. The summed E-state index contributed by atoms with van der Waals surface area (Å²) in [6.07, 6.45) is -1.45. The molecule has 0 radical (unpaired) electrons. The van der Waals surface area contributed by atoms with Gasteiger partial charge in [0.1, 0.15) is 24.6 Å². The lowest BCUT2D eigenvalue weighted by Gasteiger charge is -2.16. The first kappa shape index (κ1) is 19.3. The molecule has 0 spiro atoms. The molecule has 1 fully saturated rings. The van der Waals surface area contributed by atoms with Crippen LogP contribution in [0.4, 0.5) is 5.82 Å². The first-order valence-electron chi connectivity index (χ1n) is 8.47. The third-order valence-corrected chi connectivity index (χ3v) is 5.20. The van der Waals surface area contributed by atoms with E-state index in [2.05, 4.69) is 20.3 Å². The number of aromatic nitrogens is 4. The Morgan fingerprint density at radius 2 is 1.96 bits per heavy atom. The van der Waals surface area contributed by atoms with E-state index < -0.39 is 31.1 Å². The van der Waals surface area contributed by atoms with Crippen molar-refractivity contribution < 1.29 is 20.1 Å². The molecule has 1 aliphatic rings. The van der Waals surface area contributed by atoms with Gasteiger partial charge >= 0.3 is 0 Å². The molecule has 4 rings (SSSR count). The summed E-state index contributed by atoms with van der Waals surface area (Å²) in [5.74, 6) is 0.474. The van der Waals surface area contributed by atoms with Gasteiger partial charge in [0.05, 0.1) is 12.9 Å². The zero-order chi connectivity index (χ0) is 19.8. The Bertz CT molecular complexity index is 1000. The van der Waals surface area contributed by atoms with Crippen molar-refractivity contribution in [3.05, 3.63) is 46.5 Å². The van der Waals surface area contributed by atoms with E-state index in [4.69, 9.17) is 27.9 Å². The monoisotopic (exact) mass is 425 g/mol. The lowest BCUT2D eigenvalue weighted by Crippen LogP contribution is -2.33. The van der Waals surface area contributed by atoms with Crippen molar-refractivity contribution in [2.75, 3.05) is 11.9 Å². The fraction of sp³-hybridized carbons (Fsp3) is 0.353. The number of hydrogen-bond donors (Lipinski definition) is 4. The second-order valence-corrected chi connectivity index (χ2v) is 7.21. The van der Waals surface area contributed by atoms with Crippen LogP contribution in [0.25, 0.3) is 11.2 Å². The summed E-state index contributed by atoms with van der Waals surface area (Å²) in [6.45, 7) is -0.0200. The number of hydrogen-bond acceptors (Lipinski definition) is 8. The highest BCUT2D eigenvalue weighted by molar-refractivity contribution is 6.35. The van der Waals surface area contributed by atoms with Crippen LogP contribution in [0.3, 0.4) is 0 Å². The van der Waals surface area contributed by atoms with Gasteiger partial charge in [-0.2, -0.15) is 0 Å². The predicted molar refractivity (Wildman–Crippen MR) is 102 cm³/mol. The number of rotatable bonds is 5. The van der Waals surface area contributed by atoms with Gasteiger partial charge in [0.25, 0.3) is 0 Å². The van der Waals surface area contributed by atoms with E-state index in [0.29, 0.717) is 33.6 Å². The molecule has 11 heteroatoms. The van der Waals surface area contributed by atoms with Gasteiger partial charge in [-0.1, -0.05) is 29.3 Å². The Balaban J connectivity index is 1.60. The van der Waals surface area contributed by atoms with Gasteiger partial charge in [0.15, 0.2) is 23.2 Å². The molecule has 148 valence electrons. The lowest BCUT2D eigenvalue weighted by molar-refractivity contribution is -0.0511. The van der Waals surface area contributed by atoms with Crippen LogP contribution in [0, 0.1) is 0 Å². The Morgan fingerprint density at radius 1 is 1.14 bits per heavy atom. The SMILES string of the molecule is OC[C@H]1O[C@@H](n2cnc3c(NCc4ccc(Cl)cc4Cl)ncnc32)[C@H](O)[C@@H]1O. The number of benzene rings is 1. The average Bonchev–Trinajstić information content (AvgIpc) is 3.23. The maximum Gasteiger partial charge on any atom is 0.167 e. The lowest BCUT2D eigenvalue weighted by atomic mass is 10.1. The van der Waals surface area contributed by atoms with Crippen molar-refractivity contribution in [2.45, 2.75) is 31.1 Å². The van der Waals surface area contributed by atoms with Crippen molar-refractivity contribution >= 4 is 40.2 Å². The summed E-state index contributed by atoms with van der Waals surface area (Å²) in [5, 5.41) is 33.7. The molecule has 1 aliphatic heterocycles. The Hall–Kier alpha value is -2.01. The smallest absolute Gasteiger partial charge is 0.167 e. The first-order valence-corrected chi connectivity index (χ1v) is 9.23. The average molecular weight is 426 g/mol. The van der Waals surface area contributed by atoms with Crippen LogP contribution in [0.15, 0.2) is 30.9 Å². The van der Waals surface area contributed by atoms with Crippen molar-refractivity contribution in [3.63, 3.8) is 0 Å². The zero-order valence-electron chi connectivity index (χ0n) is 14.4. The molecule has 3 heterocycles. The minimum Gasteiger partial charge on any atom is -0.394 e.